The van der Waals surface area contributed by atoms with E-state index in [-0.39, 0.29) is 11.5 Å². The first kappa shape index (κ1) is 21.2. The van der Waals surface area contributed by atoms with Crippen molar-refractivity contribution in [2.45, 2.75) is 0 Å². The minimum atomic E-state index is -0.663. The fourth-order valence-electron chi connectivity index (χ4n) is 4.18. The van der Waals surface area contributed by atoms with Crippen LogP contribution in [0, 0.1) is 0 Å². The van der Waals surface area contributed by atoms with Crippen molar-refractivity contribution in [3.05, 3.63) is 52.4 Å². The quantitative estimate of drug-likeness (QED) is 0.545. The number of rotatable bonds is 4. The number of anilines is 2. The molecule has 5 rings (SSSR count). The number of benzene rings is 1. The Balaban J connectivity index is 1.26. The average molecular weight is 451 g/mol. The van der Waals surface area contributed by atoms with E-state index in [9.17, 15) is 9.59 Å². The molecule has 3 aromatic rings. The Labute approximate surface area is 190 Å². The van der Waals surface area contributed by atoms with Crippen molar-refractivity contribution < 1.29 is 18.7 Å². The van der Waals surface area contributed by atoms with E-state index in [1.54, 1.807) is 29.2 Å². The molecule has 0 radical (unpaired) electrons. The zero-order valence-corrected chi connectivity index (χ0v) is 18.4. The summed E-state index contributed by atoms with van der Waals surface area (Å²) in [5.74, 6) is 1.74. The molecular weight excluding hydrogens is 426 g/mol. The summed E-state index contributed by atoms with van der Waals surface area (Å²) in [6.07, 6.45) is 0. The normalized spacial score (nSPS) is 16.8. The first-order valence-electron chi connectivity index (χ1n) is 11.0. The minimum absolute atomic E-state index is 0.0267. The smallest absolute Gasteiger partial charge is 0.349 e. The summed E-state index contributed by atoms with van der Waals surface area (Å²) in [5, 5.41) is 9.40. The predicted octanol–water partition coefficient (Wildman–Crippen LogP) is 1.39. The molecule has 0 aliphatic carbocycles. The Bertz CT molecular complexity index is 1200. The Morgan fingerprint density at radius 1 is 0.939 bits per heavy atom. The first-order chi connectivity index (χ1) is 16.1. The van der Waals surface area contributed by atoms with Gasteiger partial charge in [-0.05, 0) is 24.3 Å². The van der Waals surface area contributed by atoms with Crippen molar-refractivity contribution >= 4 is 28.5 Å². The number of morpholine rings is 1. The van der Waals surface area contributed by atoms with Gasteiger partial charge in [-0.15, -0.1) is 10.2 Å². The predicted molar refractivity (Wildman–Crippen MR) is 122 cm³/mol. The summed E-state index contributed by atoms with van der Waals surface area (Å²) in [7, 11) is 1.51. The molecule has 0 N–H and O–H groups in total. The molecule has 2 aromatic heterocycles. The lowest BCUT2D eigenvalue weighted by Crippen LogP contribution is -2.49. The largest absolute Gasteiger partial charge is 0.493 e. The average Bonchev–Trinajstić information content (AvgIpc) is 2.88. The van der Waals surface area contributed by atoms with Gasteiger partial charge in [0.2, 0.25) is 0 Å². The van der Waals surface area contributed by atoms with Gasteiger partial charge in [0.05, 0.1) is 20.3 Å². The van der Waals surface area contributed by atoms with Crippen molar-refractivity contribution in [1.29, 1.82) is 0 Å². The highest BCUT2D eigenvalue weighted by molar-refractivity contribution is 5.97. The summed E-state index contributed by atoms with van der Waals surface area (Å²) in [6.45, 7) is 5.16. The fourth-order valence-corrected chi connectivity index (χ4v) is 4.18. The highest BCUT2D eigenvalue weighted by Gasteiger charge is 2.26. The summed E-state index contributed by atoms with van der Waals surface area (Å²) >= 11 is 0. The molecule has 33 heavy (non-hydrogen) atoms. The molecule has 2 saturated heterocycles. The molecule has 0 unspecified atom stereocenters. The topological polar surface area (TPSA) is 101 Å². The molecule has 1 amide bonds. The van der Waals surface area contributed by atoms with Gasteiger partial charge in [-0.1, -0.05) is 12.1 Å². The van der Waals surface area contributed by atoms with Gasteiger partial charge in [0.25, 0.3) is 5.91 Å². The lowest BCUT2D eigenvalue weighted by Gasteiger charge is -2.35. The Kier molecular flexibility index (Phi) is 5.82. The molecular formula is C23H25N5O5. The first-order valence-corrected chi connectivity index (χ1v) is 11.0. The standard InChI is InChI=1S/C23H25N5O5/c1-31-18-4-2-3-16-15-17(23(30)33-21(16)18)22(29)28-9-7-26(8-10-28)19-5-6-20(25-24-19)27-11-13-32-14-12-27/h2-6,15H,7-14H2,1H3. The summed E-state index contributed by atoms with van der Waals surface area (Å²) < 4.78 is 16.0. The number of carbonyl (C=O) groups is 1. The highest BCUT2D eigenvalue weighted by atomic mass is 16.5. The van der Waals surface area contributed by atoms with Crippen LogP contribution in [0.1, 0.15) is 10.4 Å². The van der Waals surface area contributed by atoms with Crippen molar-refractivity contribution in [1.82, 2.24) is 15.1 Å². The van der Waals surface area contributed by atoms with Crippen LogP contribution in [0.3, 0.4) is 0 Å². The summed E-state index contributed by atoms with van der Waals surface area (Å²) in [6, 6.07) is 10.8. The lowest BCUT2D eigenvalue weighted by atomic mass is 10.1. The number of aromatic nitrogens is 2. The number of methoxy groups -OCH3 is 1. The van der Waals surface area contributed by atoms with Crippen LogP contribution < -0.4 is 20.2 Å². The molecule has 10 heteroatoms. The number of ether oxygens (including phenoxy) is 2. The van der Waals surface area contributed by atoms with Crippen molar-refractivity contribution in [2.24, 2.45) is 0 Å². The van der Waals surface area contributed by atoms with Crippen LogP contribution in [0.25, 0.3) is 11.0 Å². The zero-order valence-electron chi connectivity index (χ0n) is 18.4. The van der Waals surface area contributed by atoms with Gasteiger partial charge >= 0.3 is 5.63 Å². The monoisotopic (exact) mass is 451 g/mol. The summed E-state index contributed by atoms with van der Waals surface area (Å²) in [5.41, 5.74) is -0.298. The van der Waals surface area contributed by atoms with Crippen LogP contribution in [0.15, 0.2) is 45.6 Å². The minimum Gasteiger partial charge on any atom is -0.493 e. The molecule has 0 saturated carbocycles. The molecule has 0 atom stereocenters. The molecule has 2 aliphatic rings. The Morgan fingerprint density at radius 3 is 2.24 bits per heavy atom. The van der Waals surface area contributed by atoms with Gasteiger partial charge in [-0.3, -0.25) is 4.79 Å². The maximum absolute atomic E-state index is 13.1. The number of hydrogen-bond acceptors (Lipinski definition) is 9. The van der Waals surface area contributed by atoms with E-state index in [2.05, 4.69) is 20.0 Å². The van der Waals surface area contributed by atoms with Crippen LogP contribution in [-0.4, -0.2) is 80.6 Å². The third-order valence-corrected chi connectivity index (χ3v) is 6.04. The van der Waals surface area contributed by atoms with E-state index < -0.39 is 5.63 Å². The van der Waals surface area contributed by atoms with Gasteiger partial charge in [-0.2, -0.15) is 0 Å². The Hall–Kier alpha value is -3.66. The molecule has 2 fully saturated rings. The lowest BCUT2D eigenvalue weighted by molar-refractivity contribution is 0.0742. The van der Waals surface area contributed by atoms with Crippen LogP contribution in [0.5, 0.6) is 5.75 Å². The molecule has 0 bridgehead atoms. The van der Waals surface area contributed by atoms with Gasteiger partial charge < -0.3 is 28.6 Å². The van der Waals surface area contributed by atoms with E-state index in [1.807, 2.05) is 12.1 Å². The second-order valence-corrected chi connectivity index (χ2v) is 7.95. The fraction of sp³-hybridized carbons (Fsp3) is 0.391. The zero-order chi connectivity index (χ0) is 22.8. The number of fused-ring (bicyclic) bond motifs is 1. The van der Waals surface area contributed by atoms with Gasteiger partial charge in [0, 0.05) is 44.7 Å². The molecule has 10 nitrogen and oxygen atoms in total. The van der Waals surface area contributed by atoms with Crippen molar-refractivity contribution in [3.63, 3.8) is 0 Å². The number of amides is 1. The second kappa shape index (κ2) is 9.07. The van der Waals surface area contributed by atoms with E-state index >= 15 is 0 Å². The number of hydrogen-bond donors (Lipinski definition) is 0. The van der Waals surface area contributed by atoms with Crippen LogP contribution in [0.2, 0.25) is 0 Å². The number of piperazine rings is 1. The maximum Gasteiger partial charge on any atom is 0.349 e. The van der Waals surface area contributed by atoms with Crippen molar-refractivity contribution in [2.75, 3.05) is 69.4 Å². The molecule has 0 spiro atoms. The van der Waals surface area contributed by atoms with Crippen LogP contribution in [-0.2, 0) is 4.74 Å². The third-order valence-electron chi connectivity index (χ3n) is 6.04. The number of para-hydroxylation sites is 1. The van der Waals surface area contributed by atoms with Crippen LogP contribution in [0.4, 0.5) is 11.6 Å². The van der Waals surface area contributed by atoms with Gasteiger partial charge in [-0.25, -0.2) is 4.79 Å². The van der Waals surface area contributed by atoms with Crippen LogP contribution >= 0.6 is 0 Å². The second-order valence-electron chi connectivity index (χ2n) is 7.95. The van der Waals surface area contributed by atoms with E-state index in [4.69, 9.17) is 13.9 Å². The van der Waals surface area contributed by atoms with E-state index in [0.29, 0.717) is 56.1 Å². The SMILES string of the molecule is COc1cccc2cc(C(=O)N3CCN(c4ccc(N5CCOCC5)nn4)CC3)c(=O)oc12. The van der Waals surface area contributed by atoms with E-state index in [1.165, 1.54) is 7.11 Å². The number of carbonyl (C=O) groups excluding carboxylic acids is 1. The molecule has 4 heterocycles. The summed E-state index contributed by atoms with van der Waals surface area (Å²) in [4.78, 5) is 31.5. The number of nitrogens with zero attached hydrogens (tertiary/aromatic N) is 5. The van der Waals surface area contributed by atoms with Gasteiger partial charge in [0.1, 0.15) is 5.56 Å². The van der Waals surface area contributed by atoms with E-state index in [0.717, 1.165) is 24.7 Å². The highest BCUT2D eigenvalue weighted by Crippen LogP contribution is 2.25. The Morgan fingerprint density at radius 2 is 1.61 bits per heavy atom. The molecule has 1 aromatic carbocycles. The molecule has 172 valence electrons. The van der Waals surface area contributed by atoms with Crippen molar-refractivity contribution in [3.8, 4) is 5.75 Å². The maximum atomic E-state index is 13.1. The van der Waals surface area contributed by atoms with Gasteiger partial charge in [0.15, 0.2) is 23.0 Å². The molecule has 2 aliphatic heterocycles. The third kappa shape index (κ3) is 4.21.